The van der Waals surface area contributed by atoms with Gasteiger partial charge in [0.25, 0.3) is 0 Å². The molecule has 1 aromatic heterocycles. The summed E-state index contributed by atoms with van der Waals surface area (Å²) in [4.78, 5) is 16.8. The normalized spacial score (nSPS) is 23.4. The first kappa shape index (κ1) is 12.3. The molecule has 0 bridgehead atoms. The lowest BCUT2D eigenvalue weighted by molar-refractivity contribution is 0.0881. The summed E-state index contributed by atoms with van der Waals surface area (Å²) in [6, 6.07) is 9.88. The van der Waals surface area contributed by atoms with Crippen molar-refractivity contribution in [2.75, 3.05) is 0 Å². The Morgan fingerprint density at radius 1 is 1.26 bits per heavy atom. The van der Waals surface area contributed by atoms with Crippen LogP contribution in [0.2, 0.25) is 0 Å². The summed E-state index contributed by atoms with van der Waals surface area (Å²) in [5.74, 6) is 0.313. The number of nitrogens with two attached hydrogens (primary N) is 1. The van der Waals surface area contributed by atoms with Gasteiger partial charge >= 0.3 is 0 Å². The lowest BCUT2D eigenvalue weighted by atomic mass is 9.81. The van der Waals surface area contributed by atoms with Gasteiger partial charge in [-0.2, -0.15) is 0 Å². The summed E-state index contributed by atoms with van der Waals surface area (Å²) < 4.78 is 0. The minimum Gasteiger partial charge on any atom is -0.328 e. The number of ketones is 1. The first-order chi connectivity index (χ1) is 9.24. The highest BCUT2D eigenvalue weighted by Crippen LogP contribution is 2.27. The minimum atomic E-state index is 0.0879. The quantitative estimate of drug-likeness (QED) is 0.838. The number of benzene rings is 1. The lowest BCUT2D eigenvalue weighted by Gasteiger charge is -2.25. The lowest BCUT2D eigenvalue weighted by Crippen LogP contribution is -2.31. The van der Waals surface area contributed by atoms with E-state index in [4.69, 9.17) is 5.73 Å². The van der Waals surface area contributed by atoms with Gasteiger partial charge in [-0.25, -0.2) is 0 Å². The fraction of sp³-hybridized carbons (Fsp3) is 0.375. The molecule has 3 rings (SSSR count). The van der Waals surface area contributed by atoms with Crippen molar-refractivity contribution in [1.82, 2.24) is 4.98 Å². The summed E-state index contributed by atoms with van der Waals surface area (Å²) in [6.07, 6.45) is 5.64. The van der Waals surface area contributed by atoms with Crippen LogP contribution < -0.4 is 5.73 Å². The van der Waals surface area contributed by atoms with Crippen LogP contribution in [0.25, 0.3) is 10.9 Å². The summed E-state index contributed by atoms with van der Waals surface area (Å²) in [6.45, 7) is 0. The Morgan fingerprint density at radius 3 is 3.00 bits per heavy atom. The van der Waals surface area contributed by atoms with E-state index < -0.39 is 0 Å². The van der Waals surface area contributed by atoms with Gasteiger partial charge in [0.05, 0.1) is 5.52 Å². The first-order valence-electron chi connectivity index (χ1n) is 6.88. The Morgan fingerprint density at radius 2 is 2.16 bits per heavy atom. The SMILES string of the molecule is NC1CCCC(C(=O)c2ccc3cccnc3c2)C1. The molecule has 1 saturated carbocycles. The molecule has 0 amide bonds. The van der Waals surface area contributed by atoms with Crippen molar-refractivity contribution >= 4 is 16.7 Å². The zero-order valence-corrected chi connectivity index (χ0v) is 10.9. The second-order valence-corrected chi connectivity index (χ2v) is 5.40. The van der Waals surface area contributed by atoms with Gasteiger partial charge in [0.2, 0.25) is 0 Å². The summed E-state index contributed by atoms with van der Waals surface area (Å²) >= 11 is 0. The molecule has 2 unspecified atom stereocenters. The van der Waals surface area contributed by atoms with Crippen LogP contribution >= 0.6 is 0 Å². The van der Waals surface area contributed by atoms with Crippen LogP contribution in [-0.4, -0.2) is 16.8 Å². The maximum atomic E-state index is 12.5. The molecule has 0 saturated heterocycles. The van der Waals surface area contributed by atoms with Crippen molar-refractivity contribution < 1.29 is 4.79 Å². The van der Waals surface area contributed by atoms with Gasteiger partial charge in [0.1, 0.15) is 0 Å². The molecule has 2 N–H and O–H groups in total. The fourth-order valence-electron chi connectivity index (χ4n) is 2.92. The van der Waals surface area contributed by atoms with Gasteiger partial charge < -0.3 is 5.73 Å². The van der Waals surface area contributed by atoms with Crippen molar-refractivity contribution in [3.05, 3.63) is 42.1 Å². The zero-order valence-electron chi connectivity index (χ0n) is 10.9. The molecule has 98 valence electrons. The average molecular weight is 254 g/mol. The van der Waals surface area contributed by atoms with Crippen LogP contribution in [0.4, 0.5) is 0 Å². The van der Waals surface area contributed by atoms with E-state index in [1.54, 1.807) is 6.20 Å². The number of pyridine rings is 1. The predicted octanol–water partition coefficient (Wildman–Crippen LogP) is 2.94. The van der Waals surface area contributed by atoms with E-state index in [9.17, 15) is 4.79 Å². The molecule has 2 atom stereocenters. The maximum Gasteiger partial charge on any atom is 0.166 e. The Labute approximate surface area is 112 Å². The minimum absolute atomic E-state index is 0.0879. The number of Topliss-reactive ketones (excluding diaryl/α,β-unsaturated/α-hetero) is 1. The van der Waals surface area contributed by atoms with Crippen molar-refractivity contribution in [3.8, 4) is 0 Å². The largest absolute Gasteiger partial charge is 0.328 e. The smallest absolute Gasteiger partial charge is 0.166 e. The zero-order chi connectivity index (χ0) is 13.2. The number of carbonyl (C=O) groups is 1. The highest BCUT2D eigenvalue weighted by atomic mass is 16.1. The summed E-state index contributed by atoms with van der Waals surface area (Å²) in [5, 5.41) is 1.07. The van der Waals surface area contributed by atoms with E-state index in [0.717, 1.165) is 42.1 Å². The molecule has 1 aliphatic rings. The van der Waals surface area contributed by atoms with Crippen LogP contribution in [0.5, 0.6) is 0 Å². The second-order valence-electron chi connectivity index (χ2n) is 5.40. The molecule has 2 aromatic rings. The van der Waals surface area contributed by atoms with Crippen molar-refractivity contribution in [3.63, 3.8) is 0 Å². The van der Waals surface area contributed by atoms with E-state index in [1.165, 1.54) is 0 Å². The van der Waals surface area contributed by atoms with Crippen molar-refractivity contribution in [2.45, 2.75) is 31.7 Å². The second kappa shape index (κ2) is 5.10. The molecule has 0 radical (unpaired) electrons. The standard InChI is InChI=1S/C16H18N2O/c17-14-5-1-3-12(9-14)16(19)13-7-6-11-4-2-8-18-15(11)10-13/h2,4,6-8,10,12,14H,1,3,5,9,17H2. The maximum absolute atomic E-state index is 12.5. The van der Waals surface area contributed by atoms with Crippen molar-refractivity contribution in [2.24, 2.45) is 11.7 Å². The average Bonchev–Trinajstić information content (AvgIpc) is 2.46. The molecule has 1 aliphatic carbocycles. The molecular weight excluding hydrogens is 236 g/mol. The molecule has 0 aliphatic heterocycles. The van der Waals surface area contributed by atoms with Crippen LogP contribution in [0.15, 0.2) is 36.5 Å². The van der Waals surface area contributed by atoms with Gasteiger partial charge in [-0.05, 0) is 31.4 Å². The first-order valence-corrected chi connectivity index (χ1v) is 6.88. The highest BCUT2D eigenvalue weighted by Gasteiger charge is 2.26. The number of hydrogen-bond acceptors (Lipinski definition) is 3. The number of carbonyl (C=O) groups excluding carboxylic acids is 1. The van der Waals surface area contributed by atoms with Crippen molar-refractivity contribution in [1.29, 1.82) is 0 Å². The van der Waals surface area contributed by atoms with Crippen LogP contribution in [0.3, 0.4) is 0 Å². The van der Waals surface area contributed by atoms with E-state index in [-0.39, 0.29) is 17.7 Å². The molecule has 3 heteroatoms. The molecule has 19 heavy (non-hydrogen) atoms. The number of fused-ring (bicyclic) bond motifs is 1. The molecule has 1 heterocycles. The molecule has 1 aromatic carbocycles. The molecule has 3 nitrogen and oxygen atoms in total. The van der Waals surface area contributed by atoms with Crippen LogP contribution in [0.1, 0.15) is 36.0 Å². The summed E-state index contributed by atoms with van der Waals surface area (Å²) in [5.41, 5.74) is 7.62. The number of rotatable bonds is 2. The van der Waals surface area contributed by atoms with Gasteiger partial charge in [-0.15, -0.1) is 0 Å². The number of aromatic nitrogens is 1. The molecular formula is C16H18N2O. The number of hydrogen-bond donors (Lipinski definition) is 1. The third-order valence-electron chi connectivity index (χ3n) is 3.98. The van der Waals surface area contributed by atoms with Gasteiger partial charge in [-0.3, -0.25) is 9.78 Å². The Kier molecular flexibility index (Phi) is 3.30. The van der Waals surface area contributed by atoms with Crippen LogP contribution in [-0.2, 0) is 0 Å². The third-order valence-corrected chi connectivity index (χ3v) is 3.98. The number of nitrogens with zero attached hydrogens (tertiary/aromatic N) is 1. The topological polar surface area (TPSA) is 56.0 Å². The molecule has 0 spiro atoms. The van der Waals surface area contributed by atoms with Gasteiger partial charge in [0, 0.05) is 29.1 Å². The third kappa shape index (κ3) is 2.51. The van der Waals surface area contributed by atoms with E-state index >= 15 is 0 Å². The summed E-state index contributed by atoms with van der Waals surface area (Å²) in [7, 11) is 0. The monoisotopic (exact) mass is 254 g/mol. The Hall–Kier alpha value is -1.74. The van der Waals surface area contributed by atoms with Gasteiger partial charge in [0.15, 0.2) is 5.78 Å². The van der Waals surface area contributed by atoms with E-state index in [0.29, 0.717) is 0 Å². The Balaban J connectivity index is 1.88. The highest BCUT2D eigenvalue weighted by molar-refractivity contribution is 6.00. The van der Waals surface area contributed by atoms with Gasteiger partial charge in [-0.1, -0.05) is 24.6 Å². The molecule has 1 fully saturated rings. The van der Waals surface area contributed by atoms with E-state index in [1.807, 2.05) is 30.3 Å². The van der Waals surface area contributed by atoms with Crippen LogP contribution in [0, 0.1) is 5.92 Å². The predicted molar refractivity (Wildman–Crippen MR) is 76.0 cm³/mol. The fourth-order valence-corrected chi connectivity index (χ4v) is 2.92. The van der Waals surface area contributed by atoms with E-state index in [2.05, 4.69) is 4.98 Å². The Bertz CT molecular complexity index is 608.